The molecule has 9 aromatic carbocycles. The van der Waals surface area contributed by atoms with Gasteiger partial charge in [-0.1, -0.05) is 208 Å². The molecule has 3 aliphatic rings. The lowest BCUT2D eigenvalue weighted by molar-refractivity contribution is 0.219. The third-order valence-corrected chi connectivity index (χ3v) is 16.4. The summed E-state index contributed by atoms with van der Waals surface area (Å²) >= 11 is 1.88. The first-order valence-corrected chi connectivity index (χ1v) is 24.1. The standard InChI is InChI=1S/C64H47NS/c1-63(2)55-24-9-11-26-57(55)64(58-27-12-10-25-56(58)63)54-23-8-6-19-53(54)61-49(20-15-28-59(61)64)44-32-38-47(39-33-44)65(46-36-30-43(31-37-46)42-16-4-3-5-17-42)48-40-34-45(35-41-48)50-21-14-22-52-51-18-7-13-29-60(51)66-62(50)52/h3-41,55,57H,1-2H3. The van der Waals surface area contributed by atoms with Crippen molar-refractivity contribution in [3.05, 3.63) is 259 Å². The Morgan fingerprint density at radius 3 is 1.61 bits per heavy atom. The van der Waals surface area contributed by atoms with Crippen molar-refractivity contribution in [3.8, 4) is 44.5 Å². The Morgan fingerprint density at radius 1 is 0.379 bits per heavy atom. The predicted octanol–water partition coefficient (Wildman–Crippen LogP) is 17.5. The molecule has 1 nitrogen and oxygen atoms in total. The zero-order valence-electron chi connectivity index (χ0n) is 37.0. The van der Waals surface area contributed by atoms with Crippen molar-refractivity contribution in [2.45, 2.75) is 24.7 Å². The van der Waals surface area contributed by atoms with Crippen LogP contribution in [0.2, 0.25) is 0 Å². The van der Waals surface area contributed by atoms with E-state index in [0.717, 1.165) is 17.1 Å². The van der Waals surface area contributed by atoms with Crippen molar-refractivity contribution in [1.29, 1.82) is 0 Å². The average molecular weight is 862 g/mol. The fraction of sp³-hybridized carbons (Fsp3) is 0.0938. The number of allylic oxidation sites excluding steroid dienone is 4. The summed E-state index contributed by atoms with van der Waals surface area (Å²) in [6, 6.07) is 79.2. The van der Waals surface area contributed by atoms with Gasteiger partial charge in [-0.25, -0.2) is 0 Å². The predicted molar refractivity (Wildman–Crippen MR) is 280 cm³/mol. The largest absolute Gasteiger partial charge is 0.311 e. The van der Waals surface area contributed by atoms with Crippen LogP contribution in [-0.4, -0.2) is 0 Å². The molecule has 0 aliphatic heterocycles. The van der Waals surface area contributed by atoms with E-state index < -0.39 is 0 Å². The first-order chi connectivity index (χ1) is 32.5. The van der Waals surface area contributed by atoms with Gasteiger partial charge in [-0.15, -0.1) is 11.3 Å². The van der Waals surface area contributed by atoms with Crippen LogP contribution in [0, 0.1) is 11.8 Å². The van der Waals surface area contributed by atoms with Crippen molar-refractivity contribution in [2.75, 3.05) is 4.90 Å². The highest BCUT2D eigenvalue weighted by Gasteiger charge is 2.59. The molecule has 13 rings (SSSR count). The molecule has 0 saturated carbocycles. The normalized spacial score (nSPS) is 18.5. The summed E-state index contributed by atoms with van der Waals surface area (Å²) < 4.78 is 2.66. The third kappa shape index (κ3) is 5.71. The van der Waals surface area contributed by atoms with Gasteiger partial charge in [-0.3, -0.25) is 0 Å². The minimum absolute atomic E-state index is 0.0137. The summed E-state index contributed by atoms with van der Waals surface area (Å²) in [5.41, 5.74) is 18.8. The van der Waals surface area contributed by atoms with Gasteiger partial charge >= 0.3 is 0 Å². The van der Waals surface area contributed by atoms with Crippen LogP contribution >= 0.6 is 11.3 Å². The van der Waals surface area contributed by atoms with Gasteiger partial charge in [-0.2, -0.15) is 0 Å². The molecule has 3 atom stereocenters. The molecule has 0 fully saturated rings. The Balaban J connectivity index is 0.930. The van der Waals surface area contributed by atoms with E-state index in [9.17, 15) is 0 Å². The molecule has 2 heteroatoms. The molecule has 3 aliphatic carbocycles. The number of thiophene rings is 1. The fourth-order valence-electron chi connectivity index (χ4n) is 12.1. The lowest BCUT2D eigenvalue weighted by Gasteiger charge is -2.54. The monoisotopic (exact) mass is 861 g/mol. The van der Waals surface area contributed by atoms with Crippen LogP contribution in [0.4, 0.5) is 17.1 Å². The molecule has 0 radical (unpaired) electrons. The zero-order valence-corrected chi connectivity index (χ0v) is 37.8. The maximum Gasteiger partial charge on any atom is 0.0535 e. The van der Waals surface area contributed by atoms with E-state index in [-0.39, 0.29) is 16.7 Å². The van der Waals surface area contributed by atoms with Gasteiger partial charge in [0.05, 0.1) is 5.41 Å². The first-order valence-electron chi connectivity index (χ1n) is 23.3. The van der Waals surface area contributed by atoms with Crippen LogP contribution in [0.3, 0.4) is 0 Å². The minimum atomic E-state index is -0.308. The van der Waals surface area contributed by atoms with Gasteiger partial charge in [0.1, 0.15) is 0 Å². The Hall–Kier alpha value is -7.52. The van der Waals surface area contributed by atoms with E-state index in [1.54, 1.807) is 0 Å². The van der Waals surface area contributed by atoms with Gasteiger partial charge in [0.15, 0.2) is 0 Å². The topological polar surface area (TPSA) is 3.24 Å². The number of anilines is 3. The Kier molecular flexibility index (Phi) is 8.85. The molecule has 0 bridgehead atoms. The van der Waals surface area contributed by atoms with E-state index in [2.05, 4.69) is 255 Å². The van der Waals surface area contributed by atoms with Gasteiger partial charge in [0, 0.05) is 43.2 Å². The first kappa shape index (κ1) is 38.9. The minimum Gasteiger partial charge on any atom is -0.311 e. The molecule has 10 aromatic rings. The Bertz CT molecular complexity index is 3550. The summed E-state index contributed by atoms with van der Waals surface area (Å²) in [6.07, 6.45) is 9.54. The van der Waals surface area contributed by atoms with Crippen LogP contribution in [0.15, 0.2) is 237 Å². The quantitative estimate of drug-likeness (QED) is 0.161. The fourth-order valence-corrected chi connectivity index (χ4v) is 13.4. The van der Waals surface area contributed by atoms with Crippen molar-refractivity contribution >= 4 is 48.6 Å². The molecular weight excluding hydrogens is 815 g/mol. The number of fused-ring (bicyclic) bond motifs is 12. The summed E-state index contributed by atoms with van der Waals surface area (Å²) in [5.74, 6) is 0.629. The summed E-state index contributed by atoms with van der Waals surface area (Å²) in [4.78, 5) is 2.39. The Labute approximate surface area is 391 Å². The van der Waals surface area contributed by atoms with Crippen molar-refractivity contribution in [2.24, 2.45) is 11.8 Å². The van der Waals surface area contributed by atoms with Crippen molar-refractivity contribution < 1.29 is 0 Å². The average Bonchev–Trinajstić information content (AvgIpc) is 3.91. The lowest BCUT2D eigenvalue weighted by atomic mass is 9.48. The van der Waals surface area contributed by atoms with E-state index >= 15 is 0 Å². The lowest BCUT2D eigenvalue weighted by Crippen LogP contribution is -2.51. The van der Waals surface area contributed by atoms with E-state index in [0.29, 0.717) is 5.92 Å². The van der Waals surface area contributed by atoms with Crippen LogP contribution in [0.25, 0.3) is 64.7 Å². The number of benzene rings is 9. The van der Waals surface area contributed by atoms with Gasteiger partial charge < -0.3 is 4.90 Å². The van der Waals surface area contributed by atoms with Crippen LogP contribution in [-0.2, 0) is 10.8 Å². The molecular formula is C64H47NS. The smallest absolute Gasteiger partial charge is 0.0535 e. The van der Waals surface area contributed by atoms with E-state index in [4.69, 9.17) is 0 Å². The SMILES string of the molecule is CC1(C)c2ccccc2C2(c3ccccc3-c3c(-c4ccc(N(c5ccc(-c6ccccc6)cc5)c5ccc(-c6cccc7c6sc6ccccc67)cc5)cc4)cccc32)C2C=CC=CC21. The van der Waals surface area contributed by atoms with Gasteiger partial charge in [0.25, 0.3) is 0 Å². The maximum atomic E-state index is 2.51. The molecule has 314 valence electrons. The van der Waals surface area contributed by atoms with Crippen LogP contribution < -0.4 is 4.90 Å². The van der Waals surface area contributed by atoms with Gasteiger partial charge in [0.2, 0.25) is 0 Å². The number of hydrogen-bond acceptors (Lipinski definition) is 2. The highest BCUT2D eigenvalue weighted by Crippen LogP contribution is 2.66. The van der Waals surface area contributed by atoms with E-state index in [1.165, 1.54) is 86.9 Å². The van der Waals surface area contributed by atoms with Gasteiger partial charge in [-0.05, 0) is 121 Å². The van der Waals surface area contributed by atoms with E-state index in [1.807, 2.05) is 11.3 Å². The highest BCUT2D eigenvalue weighted by atomic mass is 32.1. The second kappa shape index (κ2) is 15.0. The molecule has 3 unspecified atom stereocenters. The molecule has 1 spiro atoms. The Morgan fingerprint density at radius 2 is 0.879 bits per heavy atom. The molecule has 0 N–H and O–H groups in total. The van der Waals surface area contributed by atoms with Crippen molar-refractivity contribution in [1.82, 2.24) is 0 Å². The second-order valence-electron chi connectivity index (χ2n) is 18.8. The number of rotatable bonds is 6. The molecule has 0 amide bonds. The second-order valence-corrected chi connectivity index (χ2v) is 19.8. The third-order valence-electron chi connectivity index (χ3n) is 15.1. The van der Waals surface area contributed by atoms with Crippen LogP contribution in [0.5, 0.6) is 0 Å². The number of hydrogen-bond donors (Lipinski definition) is 0. The molecule has 1 aromatic heterocycles. The van der Waals surface area contributed by atoms with Crippen molar-refractivity contribution in [3.63, 3.8) is 0 Å². The van der Waals surface area contributed by atoms with Crippen LogP contribution in [0.1, 0.15) is 36.1 Å². The molecule has 1 heterocycles. The zero-order chi connectivity index (χ0) is 44.0. The molecule has 0 saturated heterocycles. The number of nitrogens with zero attached hydrogens (tertiary/aromatic N) is 1. The summed E-state index contributed by atoms with van der Waals surface area (Å²) in [6.45, 7) is 4.89. The summed E-state index contributed by atoms with van der Waals surface area (Å²) in [7, 11) is 0. The molecule has 66 heavy (non-hydrogen) atoms. The maximum absolute atomic E-state index is 2.51. The summed E-state index contributed by atoms with van der Waals surface area (Å²) in [5, 5.41) is 2.64. The highest BCUT2D eigenvalue weighted by molar-refractivity contribution is 7.26.